The Labute approximate surface area is 154 Å². The van der Waals surface area contributed by atoms with Crippen LogP contribution in [-0.4, -0.2) is 55.0 Å². The van der Waals surface area contributed by atoms with Gasteiger partial charge in [0.05, 0.1) is 19.3 Å². The lowest BCUT2D eigenvalue weighted by atomic mass is 9.97. The molecule has 0 bridgehead atoms. The summed E-state index contributed by atoms with van der Waals surface area (Å²) < 4.78 is 13.3. The number of para-hydroxylation sites is 1. The van der Waals surface area contributed by atoms with E-state index in [1.165, 1.54) is 16.6 Å². The molecule has 2 aliphatic heterocycles. The van der Waals surface area contributed by atoms with Gasteiger partial charge >= 0.3 is 6.03 Å². The third-order valence-electron chi connectivity index (χ3n) is 5.61. The van der Waals surface area contributed by atoms with Crippen LogP contribution in [0.5, 0.6) is 0 Å². The van der Waals surface area contributed by atoms with Crippen molar-refractivity contribution in [3.05, 3.63) is 36.0 Å². The molecule has 1 aromatic heterocycles. The molecule has 0 saturated carbocycles. The number of carbonyl (C=O) groups excluding carboxylic acids is 1. The number of fused-ring (bicyclic) bond motifs is 3. The Hall–Kier alpha value is -2.05. The van der Waals surface area contributed by atoms with Gasteiger partial charge in [0.2, 0.25) is 0 Å². The number of hydrogen-bond donors (Lipinski definition) is 1. The second kappa shape index (κ2) is 7.68. The molecule has 0 radical (unpaired) electrons. The Morgan fingerprint density at radius 2 is 2.23 bits per heavy atom. The van der Waals surface area contributed by atoms with E-state index in [0.29, 0.717) is 25.6 Å². The van der Waals surface area contributed by atoms with Crippen LogP contribution in [0.1, 0.15) is 18.5 Å². The summed E-state index contributed by atoms with van der Waals surface area (Å²) in [5.41, 5.74) is 2.47. The Bertz CT molecular complexity index is 773. The zero-order valence-corrected chi connectivity index (χ0v) is 15.3. The largest absolute Gasteiger partial charge is 0.379 e. The van der Waals surface area contributed by atoms with Crippen LogP contribution < -0.4 is 5.32 Å². The molecule has 2 unspecified atom stereocenters. The summed E-state index contributed by atoms with van der Waals surface area (Å²) in [5, 5.41) is 4.37. The fourth-order valence-electron chi connectivity index (χ4n) is 4.11. The molecule has 4 rings (SSSR count). The van der Waals surface area contributed by atoms with Crippen LogP contribution in [-0.2, 0) is 22.6 Å². The van der Waals surface area contributed by atoms with E-state index in [1.54, 1.807) is 7.11 Å². The average molecular weight is 357 g/mol. The maximum atomic E-state index is 12.7. The van der Waals surface area contributed by atoms with E-state index in [4.69, 9.17) is 9.47 Å². The van der Waals surface area contributed by atoms with E-state index in [2.05, 4.69) is 40.2 Å². The molecule has 2 aliphatic rings. The van der Waals surface area contributed by atoms with E-state index in [1.807, 2.05) is 4.90 Å². The van der Waals surface area contributed by atoms with Gasteiger partial charge < -0.3 is 24.3 Å². The Morgan fingerprint density at radius 3 is 3.12 bits per heavy atom. The van der Waals surface area contributed by atoms with Crippen molar-refractivity contribution in [1.29, 1.82) is 0 Å². The van der Waals surface area contributed by atoms with Crippen molar-refractivity contribution in [2.45, 2.75) is 32.0 Å². The maximum absolute atomic E-state index is 12.7. The van der Waals surface area contributed by atoms with Gasteiger partial charge in [-0.15, -0.1) is 0 Å². The smallest absolute Gasteiger partial charge is 0.317 e. The van der Waals surface area contributed by atoms with Crippen LogP contribution in [0.4, 0.5) is 4.79 Å². The van der Waals surface area contributed by atoms with Gasteiger partial charge in [0.15, 0.2) is 0 Å². The minimum atomic E-state index is 0.0186. The molecule has 3 heterocycles. The number of hydrogen-bond acceptors (Lipinski definition) is 3. The average Bonchev–Trinajstić information content (AvgIpc) is 2.88. The standard InChI is InChI=1S/C20H27N3O3/c1-25-19-14-26-10-7-16(19)12-21-20(24)22-8-4-9-23-17(13-22)11-15-5-2-3-6-18(15)23/h2-3,5-6,11,16,19H,4,7-10,12-14H2,1H3,(H,21,24). The van der Waals surface area contributed by atoms with Gasteiger partial charge in [-0.1, -0.05) is 18.2 Å². The number of carbonyl (C=O) groups is 1. The summed E-state index contributed by atoms with van der Waals surface area (Å²) in [6.07, 6.45) is 1.96. The van der Waals surface area contributed by atoms with E-state index in [0.717, 1.165) is 32.5 Å². The van der Waals surface area contributed by atoms with E-state index >= 15 is 0 Å². The number of urea groups is 1. The van der Waals surface area contributed by atoms with Gasteiger partial charge in [0.1, 0.15) is 0 Å². The predicted molar refractivity (Wildman–Crippen MR) is 100 cm³/mol. The number of aryl methyl sites for hydroxylation is 1. The van der Waals surface area contributed by atoms with E-state index < -0.39 is 0 Å². The predicted octanol–water partition coefficient (Wildman–Crippen LogP) is 2.61. The number of methoxy groups -OCH3 is 1. The molecule has 6 nitrogen and oxygen atoms in total. The second-order valence-corrected chi connectivity index (χ2v) is 7.21. The highest BCUT2D eigenvalue weighted by Crippen LogP contribution is 2.24. The number of benzene rings is 1. The number of aromatic nitrogens is 1. The topological polar surface area (TPSA) is 55.7 Å². The van der Waals surface area contributed by atoms with Crippen LogP contribution in [0, 0.1) is 5.92 Å². The summed E-state index contributed by atoms with van der Waals surface area (Å²) in [6, 6.07) is 10.7. The highest BCUT2D eigenvalue weighted by atomic mass is 16.5. The molecule has 0 spiro atoms. The van der Waals surface area contributed by atoms with Crippen molar-refractivity contribution in [1.82, 2.24) is 14.8 Å². The number of nitrogens with one attached hydrogen (secondary N) is 1. The molecule has 2 aromatic rings. The molecule has 0 aliphatic carbocycles. The van der Waals surface area contributed by atoms with Gasteiger partial charge in [0, 0.05) is 50.5 Å². The zero-order chi connectivity index (χ0) is 17.9. The Morgan fingerprint density at radius 1 is 1.35 bits per heavy atom. The van der Waals surface area contributed by atoms with Gasteiger partial charge in [-0.25, -0.2) is 4.79 Å². The third kappa shape index (κ3) is 3.44. The highest BCUT2D eigenvalue weighted by molar-refractivity contribution is 5.81. The summed E-state index contributed by atoms with van der Waals surface area (Å²) in [4.78, 5) is 14.7. The lowest BCUT2D eigenvalue weighted by Gasteiger charge is -2.31. The minimum absolute atomic E-state index is 0.0186. The van der Waals surface area contributed by atoms with Crippen molar-refractivity contribution in [3.8, 4) is 0 Å². The second-order valence-electron chi connectivity index (χ2n) is 7.21. The van der Waals surface area contributed by atoms with Crippen molar-refractivity contribution in [2.75, 3.05) is 33.4 Å². The summed E-state index contributed by atoms with van der Waals surface area (Å²) in [7, 11) is 1.71. The first kappa shape index (κ1) is 17.4. The van der Waals surface area contributed by atoms with Crippen molar-refractivity contribution < 1.29 is 14.3 Å². The van der Waals surface area contributed by atoms with Crippen molar-refractivity contribution in [3.63, 3.8) is 0 Å². The van der Waals surface area contributed by atoms with Gasteiger partial charge in [-0.3, -0.25) is 0 Å². The zero-order valence-electron chi connectivity index (χ0n) is 15.3. The molecule has 1 saturated heterocycles. The quantitative estimate of drug-likeness (QED) is 0.919. The molecular weight excluding hydrogens is 330 g/mol. The third-order valence-corrected chi connectivity index (χ3v) is 5.61. The van der Waals surface area contributed by atoms with Crippen LogP contribution in [0.2, 0.25) is 0 Å². The highest BCUT2D eigenvalue weighted by Gasteiger charge is 2.27. The molecule has 1 fully saturated rings. The van der Waals surface area contributed by atoms with Crippen LogP contribution >= 0.6 is 0 Å². The Kier molecular flexibility index (Phi) is 5.13. The molecule has 6 heteroatoms. The Balaban J connectivity index is 1.42. The first-order valence-corrected chi connectivity index (χ1v) is 9.46. The maximum Gasteiger partial charge on any atom is 0.317 e. The van der Waals surface area contributed by atoms with Gasteiger partial charge in [0.25, 0.3) is 0 Å². The van der Waals surface area contributed by atoms with Gasteiger partial charge in [-0.2, -0.15) is 0 Å². The molecule has 2 atom stereocenters. The molecular formula is C20H27N3O3. The lowest BCUT2D eigenvalue weighted by Crippen LogP contribution is -2.45. The number of amides is 2. The molecule has 140 valence electrons. The number of ether oxygens (including phenoxy) is 2. The minimum Gasteiger partial charge on any atom is -0.379 e. The van der Waals surface area contributed by atoms with Crippen LogP contribution in [0.25, 0.3) is 10.9 Å². The van der Waals surface area contributed by atoms with E-state index in [9.17, 15) is 4.79 Å². The number of nitrogens with zero attached hydrogens (tertiary/aromatic N) is 2. The van der Waals surface area contributed by atoms with E-state index in [-0.39, 0.29) is 12.1 Å². The molecule has 1 aromatic carbocycles. The fraction of sp³-hybridized carbons (Fsp3) is 0.550. The first-order chi connectivity index (χ1) is 12.8. The summed E-state index contributed by atoms with van der Waals surface area (Å²) in [5.74, 6) is 0.316. The number of rotatable bonds is 3. The van der Waals surface area contributed by atoms with Crippen LogP contribution in [0.15, 0.2) is 30.3 Å². The normalized spacial score (nSPS) is 23.5. The monoisotopic (exact) mass is 357 g/mol. The first-order valence-electron chi connectivity index (χ1n) is 9.46. The van der Waals surface area contributed by atoms with Crippen LogP contribution in [0.3, 0.4) is 0 Å². The van der Waals surface area contributed by atoms with Gasteiger partial charge in [-0.05, 0) is 30.4 Å². The molecule has 1 N–H and O–H groups in total. The summed E-state index contributed by atoms with van der Waals surface area (Å²) in [6.45, 7) is 4.38. The van der Waals surface area contributed by atoms with Crippen molar-refractivity contribution >= 4 is 16.9 Å². The SMILES string of the molecule is COC1COCCC1CNC(=O)N1CCCn2c(cc3ccccc32)C1. The van der Waals surface area contributed by atoms with Crippen molar-refractivity contribution in [2.24, 2.45) is 5.92 Å². The summed E-state index contributed by atoms with van der Waals surface area (Å²) >= 11 is 0. The lowest BCUT2D eigenvalue weighted by molar-refractivity contribution is -0.0640. The molecule has 2 amide bonds. The molecule has 26 heavy (non-hydrogen) atoms. The fourth-order valence-corrected chi connectivity index (χ4v) is 4.11.